The molecule has 1 N–H and O–H groups in total. The molecule has 6 rings (SSSR count). The third-order valence-electron chi connectivity index (χ3n) is 7.22. The fourth-order valence-corrected chi connectivity index (χ4v) is 6.73. The van der Waals surface area contributed by atoms with Crippen LogP contribution < -0.4 is 5.32 Å². The van der Waals surface area contributed by atoms with Crippen LogP contribution in [0.3, 0.4) is 0 Å². The van der Waals surface area contributed by atoms with Crippen molar-refractivity contribution in [2.45, 2.75) is 64.0 Å². The molecule has 4 aliphatic rings. The Morgan fingerprint density at radius 2 is 2.11 bits per heavy atom. The van der Waals surface area contributed by atoms with Crippen LogP contribution in [0.1, 0.15) is 50.6 Å². The summed E-state index contributed by atoms with van der Waals surface area (Å²) in [5.41, 5.74) is 0.893. The summed E-state index contributed by atoms with van der Waals surface area (Å²) in [6.07, 6.45) is 11.1. The maximum Gasteiger partial charge on any atom is 0.226 e. The molecular weight excluding hydrogens is 420 g/mol. The molecule has 4 fully saturated rings. The van der Waals surface area contributed by atoms with Crippen LogP contribution in [0.4, 0.5) is 0 Å². The number of carbonyl (C=O) groups excluding carboxylic acids is 1. The van der Waals surface area contributed by atoms with E-state index in [2.05, 4.69) is 48.0 Å². The fraction of sp³-hybridized carbons (Fsp3) is 0.700. The summed E-state index contributed by atoms with van der Waals surface area (Å²) >= 11 is 3.39. The zero-order valence-electron chi connectivity index (χ0n) is 16.3. The van der Waals surface area contributed by atoms with E-state index in [9.17, 15) is 4.79 Å². The lowest BCUT2D eigenvalue weighted by molar-refractivity contribution is -0.156. The van der Waals surface area contributed by atoms with Crippen molar-refractivity contribution in [1.82, 2.24) is 29.9 Å². The first-order chi connectivity index (χ1) is 13.5. The molecule has 4 bridgehead atoms. The second-order valence-corrected chi connectivity index (χ2v) is 9.94. The molecule has 0 aliphatic heterocycles. The lowest BCUT2D eigenvalue weighted by atomic mass is 9.46. The van der Waals surface area contributed by atoms with Crippen molar-refractivity contribution in [3.63, 3.8) is 0 Å². The molecule has 2 atom stereocenters. The summed E-state index contributed by atoms with van der Waals surface area (Å²) in [6.45, 7) is 3.61. The van der Waals surface area contributed by atoms with E-state index in [0.29, 0.717) is 23.1 Å². The summed E-state index contributed by atoms with van der Waals surface area (Å²) in [6, 6.07) is 2.01. The first-order valence-corrected chi connectivity index (χ1v) is 11.1. The standard InChI is InChI=1S/C20H27BrN6O/c1-14-3-5-24-26(14)6-2-4-22-17(28)19-8-15-7-16(9-19)11-20(10-15,12-19)27-13-23-18(21)25-27/h3,5,13,15-16H,2,4,6-12H2,1H3,(H,22,28). The zero-order chi connectivity index (χ0) is 19.4. The summed E-state index contributed by atoms with van der Waals surface area (Å²) in [5.74, 6) is 1.51. The van der Waals surface area contributed by atoms with Crippen LogP contribution >= 0.6 is 15.9 Å². The summed E-state index contributed by atoms with van der Waals surface area (Å²) in [7, 11) is 0. The molecule has 1 amide bonds. The van der Waals surface area contributed by atoms with Crippen LogP contribution in [0.15, 0.2) is 23.3 Å². The minimum absolute atomic E-state index is 0.0351. The molecule has 7 nitrogen and oxygen atoms in total. The van der Waals surface area contributed by atoms with Gasteiger partial charge in [0.2, 0.25) is 10.6 Å². The molecule has 8 heteroatoms. The van der Waals surface area contributed by atoms with Gasteiger partial charge in [-0.3, -0.25) is 9.48 Å². The number of hydrogen-bond acceptors (Lipinski definition) is 4. The minimum Gasteiger partial charge on any atom is -0.356 e. The lowest BCUT2D eigenvalue weighted by Gasteiger charge is -2.60. The first-order valence-electron chi connectivity index (χ1n) is 10.3. The highest BCUT2D eigenvalue weighted by Gasteiger charge is 2.61. The Kier molecular flexibility index (Phi) is 4.37. The predicted octanol–water partition coefficient (Wildman–Crippen LogP) is 3.05. The van der Waals surface area contributed by atoms with Crippen molar-refractivity contribution >= 4 is 21.8 Å². The van der Waals surface area contributed by atoms with E-state index in [-0.39, 0.29) is 16.9 Å². The van der Waals surface area contributed by atoms with E-state index in [4.69, 9.17) is 0 Å². The SMILES string of the molecule is Cc1ccnn1CCCNC(=O)C12CC3CC(C1)CC(n1cnc(Br)n1)(C3)C2. The van der Waals surface area contributed by atoms with Gasteiger partial charge in [-0.1, -0.05) is 0 Å². The highest BCUT2D eigenvalue weighted by molar-refractivity contribution is 9.10. The van der Waals surface area contributed by atoms with Crippen molar-refractivity contribution in [1.29, 1.82) is 0 Å². The van der Waals surface area contributed by atoms with Gasteiger partial charge in [0.05, 0.1) is 11.0 Å². The topological polar surface area (TPSA) is 77.6 Å². The Labute approximate surface area is 173 Å². The van der Waals surface area contributed by atoms with E-state index in [0.717, 1.165) is 50.8 Å². The van der Waals surface area contributed by atoms with Crippen LogP contribution in [0.2, 0.25) is 0 Å². The Balaban J connectivity index is 1.28. The summed E-state index contributed by atoms with van der Waals surface area (Å²) in [5, 5.41) is 12.2. The van der Waals surface area contributed by atoms with Gasteiger partial charge in [0.1, 0.15) is 6.33 Å². The molecule has 4 aliphatic carbocycles. The van der Waals surface area contributed by atoms with E-state index < -0.39 is 0 Å². The normalized spacial score (nSPS) is 33.4. The minimum atomic E-state index is -0.232. The number of halogens is 1. The fourth-order valence-electron chi connectivity index (χ4n) is 6.47. The van der Waals surface area contributed by atoms with Crippen molar-refractivity contribution in [3.8, 4) is 0 Å². The van der Waals surface area contributed by atoms with Crippen molar-refractivity contribution in [3.05, 3.63) is 29.0 Å². The number of nitrogens with zero attached hydrogens (tertiary/aromatic N) is 5. The molecule has 28 heavy (non-hydrogen) atoms. The summed E-state index contributed by atoms with van der Waals surface area (Å²) in [4.78, 5) is 17.6. The van der Waals surface area contributed by atoms with Gasteiger partial charge in [0.25, 0.3) is 0 Å². The number of rotatable bonds is 6. The number of carbonyl (C=O) groups is 1. The van der Waals surface area contributed by atoms with E-state index >= 15 is 0 Å². The molecule has 0 aromatic carbocycles. The van der Waals surface area contributed by atoms with Crippen LogP contribution in [0.5, 0.6) is 0 Å². The quantitative estimate of drug-likeness (QED) is 0.691. The smallest absolute Gasteiger partial charge is 0.226 e. The highest BCUT2D eigenvalue weighted by atomic mass is 79.9. The molecule has 150 valence electrons. The molecule has 2 unspecified atom stereocenters. The Hall–Kier alpha value is -1.70. The zero-order valence-corrected chi connectivity index (χ0v) is 17.9. The van der Waals surface area contributed by atoms with Gasteiger partial charge in [0.15, 0.2) is 0 Å². The van der Waals surface area contributed by atoms with Gasteiger partial charge in [-0.25, -0.2) is 9.67 Å². The Morgan fingerprint density at radius 1 is 1.32 bits per heavy atom. The van der Waals surface area contributed by atoms with E-state index in [1.54, 1.807) is 0 Å². The largest absolute Gasteiger partial charge is 0.356 e. The van der Waals surface area contributed by atoms with E-state index in [1.165, 1.54) is 6.42 Å². The van der Waals surface area contributed by atoms with Gasteiger partial charge >= 0.3 is 0 Å². The maximum absolute atomic E-state index is 13.3. The van der Waals surface area contributed by atoms with Gasteiger partial charge in [0, 0.05) is 25.0 Å². The number of aromatic nitrogens is 5. The third kappa shape index (κ3) is 3.00. The van der Waals surface area contributed by atoms with Crippen molar-refractivity contribution in [2.75, 3.05) is 6.54 Å². The van der Waals surface area contributed by atoms with Crippen LogP contribution in [-0.4, -0.2) is 37.0 Å². The average Bonchev–Trinajstić information content (AvgIpc) is 3.26. The highest BCUT2D eigenvalue weighted by Crippen LogP contribution is 2.64. The molecule has 0 radical (unpaired) electrons. The number of nitrogens with one attached hydrogen (secondary N) is 1. The lowest BCUT2D eigenvalue weighted by Crippen LogP contribution is -2.61. The van der Waals surface area contributed by atoms with Crippen molar-refractivity contribution in [2.24, 2.45) is 17.3 Å². The second kappa shape index (κ2) is 6.68. The van der Waals surface area contributed by atoms with E-state index in [1.807, 2.05) is 23.3 Å². The maximum atomic E-state index is 13.3. The molecule has 2 heterocycles. The Bertz CT molecular complexity index is 875. The number of hydrogen-bond donors (Lipinski definition) is 1. The van der Waals surface area contributed by atoms with Gasteiger partial charge in [-0.2, -0.15) is 5.10 Å². The van der Waals surface area contributed by atoms with Gasteiger partial charge in [-0.15, -0.1) is 5.10 Å². The van der Waals surface area contributed by atoms with Gasteiger partial charge < -0.3 is 5.32 Å². The third-order valence-corrected chi connectivity index (χ3v) is 7.59. The molecule has 0 spiro atoms. The second-order valence-electron chi connectivity index (χ2n) is 9.23. The van der Waals surface area contributed by atoms with Gasteiger partial charge in [-0.05, 0) is 85.7 Å². The summed E-state index contributed by atoms with van der Waals surface area (Å²) < 4.78 is 4.68. The molecule has 2 aromatic heterocycles. The van der Waals surface area contributed by atoms with Crippen LogP contribution in [-0.2, 0) is 16.9 Å². The molecule has 0 saturated heterocycles. The van der Waals surface area contributed by atoms with Crippen molar-refractivity contribution < 1.29 is 4.79 Å². The number of amides is 1. The predicted molar refractivity (Wildman–Crippen MR) is 107 cm³/mol. The number of aryl methyl sites for hydroxylation is 2. The molecule has 4 saturated carbocycles. The first kappa shape index (κ1) is 18.3. The molecule has 2 aromatic rings. The monoisotopic (exact) mass is 446 g/mol. The Morgan fingerprint density at radius 3 is 2.75 bits per heavy atom. The van der Waals surface area contributed by atoms with Crippen LogP contribution in [0, 0.1) is 24.2 Å². The molecular formula is C20H27BrN6O. The average molecular weight is 447 g/mol. The van der Waals surface area contributed by atoms with Crippen LogP contribution in [0.25, 0.3) is 0 Å².